The molecule has 0 aromatic heterocycles. The van der Waals surface area contributed by atoms with Crippen molar-refractivity contribution in [1.82, 2.24) is 10.6 Å². The molecule has 1 aromatic carbocycles. The number of rotatable bonds is 9. The lowest BCUT2D eigenvalue weighted by Crippen LogP contribution is -2.43. The first-order valence-corrected chi connectivity index (χ1v) is 10.2. The average molecular weight is 396 g/mol. The number of ether oxygens (including phenoxy) is 2. The molecular formula is C21H34ClN3O2. The van der Waals surface area contributed by atoms with E-state index in [2.05, 4.69) is 35.5 Å². The van der Waals surface area contributed by atoms with E-state index in [1.807, 2.05) is 18.2 Å². The SMILES string of the molecule is CN=C(NCCCOCC1CCOCC1)NCC(C)(C)c1cccc(Cl)c1. The van der Waals surface area contributed by atoms with Crippen LogP contribution in [0.2, 0.25) is 5.02 Å². The van der Waals surface area contributed by atoms with Gasteiger partial charge in [-0.1, -0.05) is 37.6 Å². The molecule has 0 spiro atoms. The molecule has 0 bridgehead atoms. The number of guanidine groups is 1. The van der Waals surface area contributed by atoms with Crippen molar-refractivity contribution in [3.05, 3.63) is 34.9 Å². The quantitative estimate of drug-likeness (QED) is 0.381. The van der Waals surface area contributed by atoms with Gasteiger partial charge in [-0.05, 0) is 42.9 Å². The first-order chi connectivity index (χ1) is 13.0. The summed E-state index contributed by atoms with van der Waals surface area (Å²) in [5.74, 6) is 1.48. The van der Waals surface area contributed by atoms with Gasteiger partial charge in [-0.2, -0.15) is 0 Å². The zero-order valence-corrected chi connectivity index (χ0v) is 17.6. The minimum atomic E-state index is -0.0463. The van der Waals surface area contributed by atoms with Gasteiger partial charge in [0.25, 0.3) is 0 Å². The van der Waals surface area contributed by atoms with Crippen LogP contribution in [-0.4, -0.2) is 52.5 Å². The Labute approximate surface area is 168 Å². The summed E-state index contributed by atoms with van der Waals surface area (Å²) < 4.78 is 11.2. The number of hydrogen-bond donors (Lipinski definition) is 2. The lowest BCUT2D eigenvalue weighted by molar-refractivity contribution is 0.0203. The molecule has 0 unspecified atom stereocenters. The van der Waals surface area contributed by atoms with Crippen LogP contribution < -0.4 is 10.6 Å². The zero-order valence-electron chi connectivity index (χ0n) is 16.9. The van der Waals surface area contributed by atoms with Gasteiger partial charge in [0.15, 0.2) is 5.96 Å². The van der Waals surface area contributed by atoms with Gasteiger partial charge in [-0.25, -0.2) is 0 Å². The molecule has 2 N–H and O–H groups in total. The number of benzene rings is 1. The van der Waals surface area contributed by atoms with Crippen LogP contribution in [0.15, 0.2) is 29.3 Å². The Balaban J connectivity index is 1.62. The van der Waals surface area contributed by atoms with Crippen molar-refractivity contribution in [2.75, 3.05) is 46.6 Å². The van der Waals surface area contributed by atoms with E-state index in [1.165, 1.54) is 5.56 Å². The van der Waals surface area contributed by atoms with E-state index < -0.39 is 0 Å². The van der Waals surface area contributed by atoms with Gasteiger partial charge in [0.1, 0.15) is 0 Å². The smallest absolute Gasteiger partial charge is 0.191 e. The normalized spacial score (nSPS) is 16.4. The third kappa shape index (κ3) is 8.08. The second-order valence-electron chi connectivity index (χ2n) is 7.73. The first kappa shape index (κ1) is 22.0. The molecule has 0 saturated carbocycles. The maximum Gasteiger partial charge on any atom is 0.191 e. The molecular weight excluding hydrogens is 362 g/mol. The van der Waals surface area contributed by atoms with E-state index in [1.54, 1.807) is 7.05 Å². The van der Waals surface area contributed by atoms with Gasteiger partial charge in [0.2, 0.25) is 0 Å². The molecule has 5 nitrogen and oxygen atoms in total. The van der Waals surface area contributed by atoms with Crippen molar-refractivity contribution in [3.8, 4) is 0 Å². The lowest BCUT2D eigenvalue weighted by Gasteiger charge is -2.27. The van der Waals surface area contributed by atoms with Crippen LogP contribution in [-0.2, 0) is 14.9 Å². The summed E-state index contributed by atoms with van der Waals surface area (Å²) in [5.41, 5.74) is 1.16. The highest BCUT2D eigenvalue weighted by atomic mass is 35.5. The first-order valence-electron chi connectivity index (χ1n) is 9.87. The average Bonchev–Trinajstić information content (AvgIpc) is 2.67. The maximum atomic E-state index is 6.13. The van der Waals surface area contributed by atoms with Crippen molar-refractivity contribution in [3.63, 3.8) is 0 Å². The van der Waals surface area contributed by atoms with E-state index in [-0.39, 0.29) is 5.41 Å². The van der Waals surface area contributed by atoms with Crippen LogP contribution in [0.1, 0.15) is 38.7 Å². The van der Waals surface area contributed by atoms with Gasteiger partial charge in [0, 0.05) is 57.0 Å². The molecule has 0 amide bonds. The van der Waals surface area contributed by atoms with Crippen molar-refractivity contribution in [2.24, 2.45) is 10.9 Å². The summed E-state index contributed by atoms with van der Waals surface area (Å²) >= 11 is 6.13. The summed E-state index contributed by atoms with van der Waals surface area (Å²) in [4.78, 5) is 4.31. The van der Waals surface area contributed by atoms with E-state index in [9.17, 15) is 0 Å². The third-order valence-electron chi connectivity index (χ3n) is 4.98. The maximum absolute atomic E-state index is 6.13. The molecule has 1 aromatic rings. The van der Waals surface area contributed by atoms with Crippen LogP contribution in [0.5, 0.6) is 0 Å². The third-order valence-corrected chi connectivity index (χ3v) is 5.21. The van der Waals surface area contributed by atoms with E-state index >= 15 is 0 Å². The second kappa shape index (κ2) is 11.5. The Kier molecular flexibility index (Phi) is 9.39. The van der Waals surface area contributed by atoms with Crippen LogP contribution in [0, 0.1) is 5.92 Å². The molecule has 0 aliphatic carbocycles. The molecule has 152 valence electrons. The van der Waals surface area contributed by atoms with Crippen LogP contribution in [0.25, 0.3) is 0 Å². The van der Waals surface area contributed by atoms with Crippen LogP contribution >= 0.6 is 11.6 Å². The molecule has 1 fully saturated rings. The highest BCUT2D eigenvalue weighted by molar-refractivity contribution is 6.30. The summed E-state index contributed by atoms with van der Waals surface area (Å²) in [5, 5.41) is 7.53. The zero-order chi connectivity index (χ0) is 19.5. The van der Waals surface area contributed by atoms with E-state index in [0.717, 1.165) is 69.8 Å². The largest absolute Gasteiger partial charge is 0.381 e. The molecule has 1 heterocycles. The Morgan fingerprint density at radius 3 is 2.78 bits per heavy atom. The van der Waals surface area contributed by atoms with Gasteiger partial charge in [0.05, 0.1) is 0 Å². The molecule has 6 heteroatoms. The number of nitrogens with zero attached hydrogens (tertiary/aromatic N) is 1. The fraction of sp³-hybridized carbons (Fsp3) is 0.667. The molecule has 27 heavy (non-hydrogen) atoms. The van der Waals surface area contributed by atoms with Crippen LogP contribution in [0.4, 0.5) is 0 Å². The fourth-order valence-electron chi connectivity index (χ4n) is 3.08. The Bertz CT molecular complexity index is 587. The highest BCUT2D eigenvalue weighted by Gasteiger charge is 2.21. The summed E-state index contributed by atoms with van der Waals surface area (Å²) in [6.45, 7) is 9.39. The van der Waals surface area contributed by atoms with Gasteiger partial charge >= 0.3 is 0 Å². The summed E-state index contributed by atoms with van der Waals surface area (Å²) in [6, 6.07) is 8.03. The number of halogens is 1. The number of aliphatic imine (C=N–C) groups is 1. The van der Waals surface area contributed by atoms with Gasteiger partial charge in [-0.15, -0.1) is 0 Å². The molecule has 1 aliphatic rings. The van der Waals surface area contributed by atoms with Gasteiger partial charge in [-0.3, -0.25) is 4.99 Å². The van der Waals surface area contributed by atoms with E-state index in [4.69, 9.17) is 21.1 Å². The van der Waals surface area contributed by atoms with Gasteiger partial charge < -0.3 is 20.1 Å². The van der Waals surface area contributed by atoms with Crippen molar-refractivity contribution >= 4 is 17.6 Å². The minimum Gasteiger partial charge on any atom is -0.381 e. The lowest BCUT2D eigenvalue weighted by atomic mass is 9.84. The number of nitrogens with one attached hydrogen (secondary N) is 2. The van der Waals surface area contributed by atoms with Crippen molar-refractivity contribution in [2.45, 2.75) is 38.5 Å². The second-order valence-corrected chi connectivity index (χ2v) is 8.17. The minimum absolute atomic E-state index is 0.0463. The van der Waals surface area contributed by atoms with Crippen molar-refractivity contribution < 1.29 is 9.47 Å². The van der Waals surface area contributed by atoms with E-state index in [0.29, 0.717) is 5.92 Å². The molecule has 0 radical (unpaired) electrons. The topological polar surface area (TPSA) is 54.9 Å². The molecule has 0 atom stereocenters. The summed E-state index contributed by atoms with van der Waals surface area (Å²) in [7, 11) is 1.80. The summed E-state index contributed by atoms with van der Waals surface area (Å²) in [6.07, 6.45) is 3.20. The van der Waals surface area contributed by atoms with Crippen LogP contribution in [0.3, 0.4) is 0 Å². The molecule has 1 aliphatic heterocycles. The standard InChI is InChI=1S/C21H34ClN3O2/c1-21(2,18-6-4-7-19(22)14-18)16-25-20(23-3)24-10-5-11-27-15-17-8-12-26-13-9-17/h4,6-7,14,17H,5,8-13,15-16H2,1-3H3,(H2,23,24,25). The molecule has 1 saturated heterocycles. The Morgan fingerprint density at radius 1 is 1.30 bits per heavy atom. The Morgan fingerprint density at radius 2 is 2.07 bits per heavy atom. The highest BCUT2D eigenvalue weighted by Crippen LogP contribution is 2.24. The monoisotopic (exact) mass is 395 g/mol. The molecule has 2 rings (SSSR count). The van der Waals surface area contributed by atoms with Crippen molar-refractivity contribution in [1.29, 1.82) is 0 Å². The fourth-order valence-corrected chi connectivity index (χ4v) is 3.27. The Hall–Kier alpha value is -1.30. The predicted octanol–water partition coefficient (Wildman–Crippen LogP) is 3.62. The number of hydrogen-bond acceptors (Lipinski definition) is 3. The predicted molar refractivity (Wildman–Crippen MR) is 113 cm³/mol.